The van der Waals surface area contributed by atoms with E-state index in [1.807, 2.05) is 38.1 Å². The fourth-order valence-corrected chi connectivity index (χ4v) is 1.96. The molecule has 0 bridgehead atoms. The van der Waals surface area contributed by atoms with Crippen molar-refractivity contribution in [2.75, 3.05) is 0 Å². The molecule has 1 unspecified atom stereocenters. The minimum Gasteiger partial charge on any atom is -0.368 e. The summed E-state index contributed by atoms with van der Waals surface area (Å²) < 4.78 is 0. The van der Waals surface area contributed by atoms with Gasteiger partial charge in [0.25, 0.3) is 0 Å². The largest absolute Gasteiger partial charge is 0.368 e. The first-order chi connectivity index (χ1) is 9.08. The van der Waals surface area contributed by atoms with Crippen LogP contribution in [0.1, 0.15) is 19.5 Å². The molecule has 19 heavy (non-hydrogen) atoms. The summed E-state index contributed by atoms with van der Waals surface area (Å²) in [6, 6.07) is 7.33. The van der Waals surface area contributed by atoms with E-state index in [1.54, 1.807) is 6.20 Å². The number of para-hydroxylation sites is 2. The Morgan fingerprint density at radius 3 is 2.63 bits per heavy atom. The number of carbonyl (C=O) groups excluding carboxylic acids is 1. The first-order valence-electron chi connectivity index (χ1n) is 6.31. The Morgan fingerprint density at radius 1 is 1.32 bits per heavy atom. The number of nitrogens with zero attached hydrogens (tertiary/aromatic N) is 2. The van der Waals surface area contributed by atoms with E-state index in [1.165, 1.54) is 0 Å². The summed E-state index contributed by atoms with van der Waals surface area (Å²) >= 11 is 0. The molecule has 0 spiro atoms. The van der Waals surface area contributed by atoms with Gasteiger partial charge < -0.3 is 5.73 Å². The van der Waals surface area contributed by atoms with Gasteiger partial charge in [-0.1, -0.05) is 26.0 Å². The van der Waals surface area contributed by atoms with E-state index in [0.717, 1.165) is 16.7 Å². The molecule has 100 valence electrons. The van der Waals surface area contributed by atoms with Crippen molar-refractivity contribution in [3.8, 4) is 0 Å². The monoisotopic (exact) mass is 258 g/mol. The molecule has 0 saturated carbocycles. The number of benzene rings is 1. The van der Waals surface area contributed by atoms with E-state index in [9.17, 15) is 4.79 Å². The maximum Gasteiger partial charge on any atom is 0.234 e. The first kappa shape index (κ1) is 13.4. The Bertz CT molecular complexity index is 582. The van der Waals surface area contributed by atoms with Crippen molar-refractivity contribution in [3.05, 3.63) is 36.2 Å². The number of nitrogens with one attached hydrogen (secondary N) is 1. The van der Waals surface area contributed by atoms with Crippen LogP contribution in [0, 0.1) is 5.92 Å². The van der Waals surface area contributed by atoms with Crippen LogP contribution in [-0.4, -0.2) is 21.9 Å². The average Bonchev–Trinajstić information content (AvgIpc) is 2.38. The molecule has 1 aromatic heterocycles. The Morgan fingerprint density at radius 2 is 2.00 bits per heavy atom. The van der Waals surface area contributed by atoms with Crippen LogP contribution in [-0.2, 0) is 11.3 Å². The number of hydrogen-bond donors (Lipinski definition) is 2. The van der Waals surface area contributed by atoms with Gasteiger partial charge in [0.2, 0.25) is 5.91 Å². The smallest absolute Gasteiger partial charge is 0.234 e. The molecule has 1 heterocycles. The number of fused-ring (bicyclic) bond motifs is 1. The lowest BCUT2D eigenvalue weighted by molar-refractivity contribution is -0.121. The summed E-state index contributed by atoms with van der Waals surface area (Å²) in [6.45, 7) is 4.38. The van der Waals surface area contributed by atoms with Crippen molar-refractivity contribution in [2.24, 2.45) is 11.7 Å². The second kappa shape index (κ2) is 5.75. The van der Waals surface area contributed by atoms with E-state index in [2.05, 4.69) is 15.3 Å². The van der Waals surface area contributed by atoms with Crippen LogP contribution in [0.2, 0.25) is 0 Å². The third kappa shape index (κ3) is 3.26. The van der Waals surface area contributed by atoms with Gasteiger partial charge in [0.05, 0.1) is 29.0 Å². The molecule has 1 aromatic carbocycles. The van der Waals surface area contributed by atoms with Crippen LogP contribution in [0.15, 0.2) is 30.5 Å². The van der Waals surface area contributed by atoms with Crippen LogP contribution >= 0.6 is 0 Å². The van der Waals surface area contributed by atoms with E-state index in [4.69, 9.17) is 5.73 Å². The highest BCUT2D eigenvalue weighted by atomic mass is 16.1. The molecular weight excluding hydrogens is 240 g/mol. The number of nitrogens with two attached hydrogens (primary N) is 1. The fourth-order valence-electron chi connectivity index (χ4n) is 1.96. The highest BCUT2D eigenvalue weighted by molar-refractivity contribution is 5.80. The SMILES string of the molecule is CC(C)C(NCc1cnc2ccccc2n1)C(N)=O. The Balaban J connectivity index is 2.11. The summed E-state index contributed by atoms with van der Waals surface area (Å²) in [6.07, 6.45) is 1.72. The van der Waals surface area contributed by atoms with Gasteiger partial charge in [-0.25, -0.2) is 4.98 Å². The third-order valence-electron chi connectivity index (χ3n) is 2.97. The molecule has 5 nitrogen and oxygen atoms in total. The molecular formula is C14H18N4O. The van der Waals surface area contributed by atoms with Gasteiger partial charge in [-0.05, 0) is 18.1 Å². The zero-order valence-electron chi connectivity index (χ0n) is 11.1. The zero-order chi connectivity index (χ0) is 13.8. The van der Waals surface area contributed by atoms with Crippen molar-refractivity contribution in [1.29, 1.82) is 0 Å². The predicted octanol–water partition coefficient (Wildman–Crippen LogP) is 1.23. The number of primary amides is 1. The standard InChI is InChI=1S/C14H18N4O/c1-9(2)13(14(15)19)17-8-10-7-16-11-5-3-4-6-12(11)18-10/h3-7,9,13,17H,8H2,1-2H3,(H2,15,19). The summed E-state index contributed by atoms with van der Waals surface area (Å²) in [5.74, 6) is -0.199. The maximum absolute atomic E-state index is 11.3. The molecule has 0 fully saturated rings. The van der Waals surface area contributed by atoms with Crippen molar-refractivity contribution >= 4 is 16.9 Å². The van der Waals surface area contributed by atoms with E-state index in [0.29, 0.717) is 6.54 Å². The maximum atomic E-state index is 11.3. The van der Waals surface area contributed by atoms with Gasteiger partial charge in [0.1, 0.15) is 0 Å². The quantitative estimate of drug-likeness (QED) is 0.845. The van der Waals surface area contributed by atoms with Crippen LogP contribution in [0.5, 0.6) is 0 Å². The second-order valence-corrected chi connectivity index (χ2v) is 4.86. The molecule has 2 rings (SSSR count). The molecule has 1 amide bonds. The molecule has 0 aliphatic carbocycles. The molecule has 1 atom stereocenters. The minimum absolute atomic E-state index is 0.144. The van der Waals surface area contributed by atoms with Gasteiger partial charge in [0.15, 0.2) is 0 Å². The lowest BCUT2D eigenvalue weighted by Gasteiger charge is -2.18. The van der Waals surface area contributed by atoms with Gasteiger partial charge in [-0.3, -0.25) is 15.1 Å². The van der Waals surface area contributed by atoms with Crippen molar-refractivity contribution in [3.63, 3.8) is 0 Å². The molecule has 5 heteroatoms. The number of rotatable bonds is 5. The van der Waals surface area contributed by atoms with Crippen molar-refractivity contribution < 1.29 is 4.79 Å². The van der Waals surface area contributed by atoms with Crippen LogP contribution in [0.3, 0.4) is 0 Å². The lowest BCUT2D eigenvalue weighted by atomic mass is 10.0. The number of hydrogen-bond acceptors (Lipinski definition) is 4. The lowest BCUT2D eigenvalue weighted by Crippen LogP contribution is -2.44. The zero-order valence-corrected chi connectivity index (χ0v) is 11.1. The summed E-state index contributed by atoms with van der Waals surface area (Å²) in [5.41, 5.74) is 7.86. The predicted molar refractivity (Wildman–Crippen MR) is 74.2 cm³/mol. The van der Waals surface area contributed by atoms with Crippen LogP contribution in [0.25, 0.3) is 11.0 Å². The van der Waals surface area contributed by atoms with Gasteiger partial charge in [-0.2, -0.15) is 0 Å². The van der Waals surface area contributed by atoms with Crippen molar-refractivity contribution in [1.82, 2.24) is 15.3 Å². The summed E-state index contributed by atoms with van der Waals surface area (Å²) in [5, 5.41) is 3.12. The van der Waals surface area contributed by atoms with E-state index >= 15 is 0 Å². The Labute approximate surface area is 112 Å². The summed E-state index contributed by atoms with van der Waals surface area (Å²) in [7, 11) is 0. The molecule has 0 saturated heterocycles. The molecule has 2 aromatic rings. The highest BCUT2D eigenvalue weighted by Gasteiger charge is 2.18. The first-order valence-corrected chi connectivity index (χ1v) is 6.31. The molecule has 0 aliphatic rings. The average molecular weight is 258 g/mol. The van der Waals surface area contributed by atoms with E-state index in [-0.39, 0.29) is 17.9 Å². The number of carbonyl (C=O) groups is 1. The van der Waals surface area contributed by atoms with Crippen molar-refractivity contribution in [2.45, 2.75) is 26.4 Å². The van der Waals surface area contributed by atoms with Gasteiger partial charge in [-0.15, -0.1) is 0 Å². The number of aromatic nitrogens is 2. The molecule has 0 radical (unpaired) electrons. The normalized spacial score (nSPS) is 12.8. The van der Waals surface area contributed by atoms with Crippen LogP contribution in [0.4, 0.5) is 0 Å². The van der Waals surface area contributed by atoms with Crippen LogP contribution < -0.4 is 11.1 Å². The molecule has 0 aliphatic heterocycles. The Hall–Kier alpha value is -2.01. The highest BCUT2D eigenvalue weighted by Crippen LogP contribution is 2.09. The number of amides is 1. The topological polar surface area (TPSA) is 80.9 Å². The second-order valence-electron chi connectivity index (χ2n) is 4.86. The summed E-state index contributed by atoms with van der Waals surface area (Å²) in [4.78, 5) is 20.1. The van der Waals surface area contributed by atoms with Gasteiger partial charge >= 0.3 is 0 Å². The minimum atomic E-state index is -0.353. The van der Waals surface area contributed by atoms with Gasteiger partial charge in [0, 0.05) is 6.54 Å². The van der Waals surface area contributed by atoms with E-state index < -0.39 is 0 Å². The fraction of sp³-hybridized carbons (Fsp3) is 0.357. The Kier molecular flexibility index (Phi) is 4.06. The molecule has 3 N–H and O–H groups in total. The third-order valence-corrected chi connectivity index (χ3v) is 2.97.